The third-order valence-corrected chi connectivity index (χ3v) is 5.67. The molecular weight excluding hydrogens is 354 g/mol. The minimum Gasteiger partial charge on any atom is -0.388 e. The molecule has 4 aromatic carbocycles. The van der Waals surface area contributed by atoms with Crippen molar-refractivity contribution < 1.29 is 5.11 Å². The Balaban J connectivity index is 1.61. The first-order chi connectivity index (χ1) is 14.1. The molecule has 0 unspecified atom stereocenters. The van der Waals surface area contributed by atoms with Crippen LogP contribution in [0.15, 0.2) is 103 Å². The van der Waals surface area contributed by atoms with Gasteiger partial charge >= 0.3 is 0 Å². The van der Waals surface area contributed by atoms with Crippen LogP contribution in [0.2, 0.25) is 0 Å². The van der Waals surface area contributed by atoms with E-state index < -0.39 is 5.60 Å². The van der Waals surface area contributed by atoms with E-state index in [2.05, 4.69) is 54.6 Å². The maximum absolute atomic E-state index is 11.7. The Labute approximate surface area is 172 Å². The van der Waals surface area contributed by atoms with Gasteiger partial charge in [-0.05, 0) is 33.9 Å². The van der Waals surface area contributed by atoms with Gasteiger partial charge in [0.2, 0.25) is 0 Å². The third kappa shape index (κ3) is 4.73. The van der Waals surface area contributed by atoms with Crippen LogP contribution in [0.5, 0.6) is 0 Å². The fourth-order valence-corrected chi connectivity index (χ4v) is 4.03. The highest BCUT2D eigenvalue weighted by molar-refractivity contribution is 5.83. The molecule has 0 heterocycles. The van der Waals surface area contributed by atoms with Crippen molar-refractivity contribution >= 4 is 10.8 Å². The van der Waals surface area contributed by atoms with E-state index in [1.807, 2.05) is 48.5 Å². The lowest BCUT2D eigenvalue weighted by Gasteiger charge is -2.35. The lowest BCUT2D eigenvalue weighted by molar-refractivity contribution is 0.0145. The molecule has 0 aromatic heterocycles. The van der Waals surface area contributed by atoms with Crippen molar-refractivity contribution in [1.82, 2.24) is 0 Å². The SMILES string of the molecule is N[C@H](Cc1ccc2ccccc2c1)C(O)(Cc1ccccc1)Cc1ccccc1. The number of benzene rings is 4. The Bertz CT molecular complexity index is 1020. The molecule has 3 N–H and O–H groups in total. The molecular formula is C27H27NO. The van der Waals surface area contributed by atoms with Gasteiger partial charge in [0, 0.05) is 18.9 Å². The van der Waals surface area contributed by atoms with Crippen LogP contribution in [-0.2, 0) is 19.3 Å². The molecule has 4 rings (SSSR count). The number of hydrogen-bond acceptors (Lipinski definition) is 2. The molecule has 0 aliphatic rings. The zero-order valence-corrected chi connectivity index (χ0v) is 16.5. The standard InChI is InChI=1S/C27H27NO/c28-26(18-23-15-16-24-13-7-8-14-25(24)17-23)27(29,19-21-9-3-1-4-10-21)20-22-11-5-2-6-12-22/h1-17,26,29H,18-20,28H2/t26-/m1/s1. The normalized spacial score (nSPS) is 12.8. The molecule has 4 aromatic rings. The van der Waals surface area contributed by atoms with Crippen LogP contribution in [0.25, 0.3) is 10.8 Å². The van der Waals surface area contributed by atoms with E-state index in [1.165, 1.54) is 10.8 Å². The quantitative estimate of drug-likeness (QED) is 0.477. The second-order valence-electron chi connectivity index (χ2n) is 7.92. The van der Waals surface area contributed by atoms with Gasteiger partial charge in [-0.3, -0.25) is 0 Å². The fraction of sp³-hybridized carbons (Fsp3) is 0.185. The summed E-state index contributed by atoms with van der Waals surface area (Å²) in [7, 11) is 0. The number of hydrogen-bond donors (Lipinski definition) is 2. The number of rotatable bonds is 7. The van der Waals surface area contributed by atoms with E-state index in [9.17, 15) is 5.11 Å². The van der Waals surface area contributed by atoms with Crippen LogP contribution in [-0.4, -0.2) is 16.7 Å². The summed E-state index contributed by atoms with van der Waals surface area (Å²) >= 11 is 0. The first-order valence-corrected chi connectivity index (χ1v) is 10.2. The Hall–Kier alpha value is -2.94. The summed E-state index contributed by atoms with van der Waals surface area (Å²) in [6, 6.07) is 34.6. The zero-order chi connectivity index (χ0) is 20.1. The van der Waals surface area contributed by atoms with Crippen LogP contribution in [0.4, 0.5) is 0 Å². The summed E-state index contributed by atoms with van der Waals surface area (Å²) in [4.78, 5) is 0. The van der Waals surface area contributed by atoms with Crippen molar-refractivity contribution in [1.29, 1.82) is 0 Å². The molecule has 0 saturated carbocycles. The number of fused-ring (bicyclic) bond motifs is 1. The minimum absolute atomic E-state index is 0.385. The van der Waals surface area contributed by atoms with Crippen molar-refractivity contribution in [3.63, 3.8) is 0 Å². The highest BCUT2D eigenvalue weighted by Crippen LogP contribution is 2.25. The number of aliphatic hydroxyl groups is 1. The average molecular weight is 382 g/mol. The Morgan fingerprint density at radius 1 is 0.621 bits per heavy atom. The van der Waals surface area contributed by atoms with Gasteiger partial charge in [-0.1, -0.05) is 103 Å². The van der Waals surface area contributed by atoms with E-state index >= 15 is 0 Å². The molecule has 0 aliphatic carbocycles. The molecule has 1 atom stereocenters. The van der Waals surface area contributed by atoms with Crippen molar-refractivity contribution in [2.45, 2.75) is 30.9 Å². The van der Waals surface area contributed by atoms with Crippen molar-refractivity contribution in [2.24, 2.45) is 5.73 Å². The lowest BCUT2D eigenvalue weighted by atomic mass is 9.80. The highest BCUT2D eigenvalue weighted by Gasteiger charge is 2.35. The fourth-order valence-electron chi connectivity index (χ4n) is 4.03. The van der Waals surface area contributed by atoms with Gasteiger partial charge in [0.1, 0.15) is 0 Å². The average Bonchev–Trinajstić information content (AvgIpc) is 2.75. The van der Waals surface area contributed by atoms with E-state index in [0.717, 1.165) is 16.7 Å². The Kier molecular flexibility index (Phi) is 5.75. The van der Waals surface area contributed by atoms with E-state index in [4.69, 9.17) is 5.73 Å². The van der Waals surface area contributed by atoms with Gasteiger partial charge in [-0.25, -0.2) is 0 Å². The molecule has 0 amide bonds. The summed E-state index contributed by atoms with van der Waals surface area (Å²) in [6.07, 6.45) is 1.68. The molecule has 2 heteroatoms. The maximum atomic E-state index is 11.7. The van der Waals surface area contributed by atoms with Crippen molar-refractivity contribution in [3.05, 3.63) is 120 Å². The molecule has 146 valence electrons. The van der Waals surface area contributed by atoms with Gasteiger partial charge in [0.05, 0.1) is 5.60 Å². The Morgan fingerprint density at radius 3 is 1.72 bits per heavy atom. The van der Waals surface area contributed by atoms with Crippen molar-refractivity contribution in [2.75, 3.05) is 0 Å². The summed E-state index contributed by atoms with van der Waals surface area (Å²) in [5.74, 6) is 0. The molecule has 0 spiro atoms. The summed E-state index contributed by atoms with van der Waals surface area (Å²) < 4.78 is 0. The summed E-state index contributed by atoms with van der Waals surface area (Å²) in [6.45, 7) is 0. The second-order valence-corrected chi connectivity index (χ2v) is 7.92. The predicted molar refractivity (Wildman–Crippen MR) is 121 cm³/mol. The molecule has 0 radical (unpaired) electrons. The van der Waals surface area contributed by atoms with Gasteiger partial charge in [0.25, 0.3) is 0 Å². The minimum atomic E-state index is -1.03. The third-order valence-electron chi connectivity index (χ3n) is 5.67. The zero-order valence-electron chi connectivity index (χ0n) is 16.5. The van der Waals surface area contributed by atoms with Gasteiger partial charge in [-0.15, -0.1) is 0 Å². The predicted octanol–water partition coefficient (Wildman–Crippen LogP) is 4.93. The second kappa shape index (κ2) is 8.60. The molecule has 0 fully saturated rings. The maximum Gasteiger partial charge on any atom is 0.0881 e. The van der Waals surface area contributed by atoms with Crippen LogP contribution in [0.1, 0.15) is 16.7 Å². The van der Waals surface area contributed by atoms with Gasteiger partial charge in [-0.2, -0.15) is 0 Å². The van der Waals surface area contributed by atoms with Gasteiger partial charge < -0.3 is 10.8 Å². The molecule has 29 heavy (non-hydrogen) atoms. The van der Waals surface area contributed by atoms with Crippen LogP contribution in [0.3, 0.4) is 0 Å². The van der Waals surface area contributed by atoms with Crippen LogP contribution < -0.4 is 5.73 Å². The molecule has 0 saturated heterocycles. The van der Waals surface area contributed by atoms with Crippen LogP contribution in [0, 0.1) is 0 Å². The molecule has 2 nitrogen and oxygen atoms in total. The molecule has 0 aliphatic heterocycles. The van der Waals surface area contributed by atoms with Gasteiger partial charge in [0.15, 0.2) is 0 Å². The first-order valence-electron chi connectivity index (χ1n) is 10.2. The monoisotopic (exact) mass is 381 g/mol. The van der Waals surface area contributed by atoms with E-state index in [0.29, 0.717) is 19.3 Å². The topological polar surface area (TPSA) is 46.2 Å². The summed E-state index contributed by atoms with van der Waals surface area (Å²) in [5, 5.41) is 14.2. The summed E-state index contributed by atoms with van der Waals surface area (Å²) in [5.41, 5.74) is 8.98. The van der Waals surface area contributed by atoms with Crippen LogP contribution >= 0.6 is 0 Å². The van der Waals surface area contributed by atoms with Crippen molar-refractivity contribution in [3.8, 4) is 0 Å². The molecule has 0 bridgehead atoms. The smallest absolute Gasteiger partial charge is 0.0881 e. The Morgan fingerprint density at radius 2 is 1.14 bits per heavy atom. The first kappa shape index (κ1) is 19.4. The highest BCUT2D eigenvalue weighted by atomic mass is 16.3. The largest absolute Gasteiger partial charge is 0.388 e. The number of nitrogens with two attached hydrogens (primary N) is 1. The van der Waals surface area contributed by atoms with E-state index in [-0.39, 0.29) is 6.04 Å². The lowest BCUT2D eigenvalue weighted by Crippen LogP contribution is -2.52. The van der Waals surface area contributed by atoms with E-state index in [1.54, 1.807) is 0 Å².